The average molecular weight is 873 g/mol. The minimum absolute atomic E-state index is 0.115. The van der Waals surface area contributed by atoms with Crippen LogP contribution >= 0.6 is 11.8 Å². The molecule has 0 spiro atoms. The van der Waals surface area contributed by atoms with Gasteiger partial charge in [0, 0.05) is 19.5 Å². The number of aliphatic hydroxyl groups excluding tert-OH is 4. The van der Waals surface area contributed by atoms with Crippen LogP contribution in [-0.2, 0) is 23.9 Å². The van der Waals surface area contributed by atoms with E-state index in [-0.39, 0.29) is 25.4 Å². The van der Waals surface area contributed by atoms with Gasteiger partial charge >= 0.3 is 5.97 Å². The van der Waals surface area contributed by atoms with Crippen LogP contribution in [0.2, 0.25) is 0 Å². The molecule has 7 atom stereocenters. The number of amides is 2. The predicted octanol–water partition coefficient (Wildman–Crippen LogP) is 8.29. The Balaban J connectivity index is 2.07. The zero-order valence-electron chi connectivity index (χ0n) is 37.8. The molecule has 2 saturated heterocycles. The molecule has 2 heterocycles. The van der Waals surface area contributed by atoms with Gasteiger partial charge in [-0.1, -0.05) is 168 Å². The number of carbonyl (C=O) groups excluding carboxylic acids is 2. The number of aliphatic carboxylic acids is 1. The van der Waals surface area contributed by atoms with Crippen LogP contribution in [0, 0.1) is 5.92 Å². The largest absolute Gasteiger partial charge is 0.481 e. The summed E-state index contributed by atoms with van der Waals surface area (Å²) in [5.41, 5.74) is 0. The fourth-order valence-electron chi connectivity index (χ4n) is 8.56. The summed E-state index contributed by atoms with van der Waals surface area (Å²) in [7, 11) is 0. The third-order valence-corrected chi connectivity index (χ3v) is 13.8. The highest BCUT2D eigenvalue weighted by Crippen LogP contribution is 2.26. The van der Waals surface area contributed by atoms with Crippen LogP contribution in [0.15, 0.2) is 0 Å². The van der Waals surface area contributed by atoms with Gasteiger partial charge in [0.2, 0.25) is 11.8 Å². The van der Waals surface area contributed by atoms with E-state index in [2.05, 4.69) is 19.2 Å². The lowest BCUT2D eigenvalue weighted by Gasteiger charge is -2.40. The third kappa shape index (κ3) is 23.8. The number of carboxylic acid groups (broad SMARTS) is 1. The molecule has 2 aliphatic heterocycles. The van der Waals surface area contributed by atoms with Gasteiger partial charge in [0.05, 0.1) is 18.5 Å². The van der Waals surface area contributed by atoms with Gasteiger partial charge in [-0.15, -0.1) is 11.8 Å². The van der Waals surface area contributed by atoms with Gasteiger partial charge in [0.25, 0.3) is 0 Å². The van der Waals surface area contributed by atoms with Gasteiger partial charge in [-0.3, -0.25) is 14.4 Å². The van der Waals surface area contributed by atoms with E-state index in [1.54, 1.807) is 0 Å². The van der Waals surface area contributed by atoms with Crippen LogP contribution in [0.5, 0.6) is 0 Å². The Labute approximate surface area is 368 Å². The van der Waals surface area contributed by atoms with Crippen LogP contribution in [0.25, 0.3) is 0 Å². The molecule has 2 aliphatic rings. The molecule has 12 nitrogen and oxygen atoms in total. The van der Waals surface area contributed by atoms with Crippen molar-refractivity contribution in [3.63, 3.8) is 0 Å². The molecule has 2 fully saturated rings. The molecule has 0 aromatic rings. The standard InChI is InChI=1S/C47H88N2O10S/c1-3-5-7-9-11-13-15-17-19-21-23-25-28-37(29-26-24-22-20-18-16-14-12-10-8-6-4-2)34-49-32-27-33-60-40(30-31-41(51)52)45(56)48-38(46(49)57)36-58-47-44(55)43(54)42(53)39(35-50)59-47/h37-40,42-44,47,50,53-55H,3-36H2,1-2H3,(H,48,56)(H,51,52)/t38-,39-,40+,42-,43-,44+,47+/m1/s1. The highest BCUT2D eigenvalue weighted by atomic mass is 32.2. The van der Waals surface area contributed by atoms with E-state index in [1.165, 1.54) is 153 Å². The number of unbranched alkanes of at least 4 members (excludes halogenated alkanes) is 22. The van der Waals surface area contributed by atoms with Gasteiger partial charge in [0.15, 0.2) is 6.29 Å². The number of nitrogens with one attached hydrogen (secondary N) is 1. The highest BCUT2D eigenvalue weighted by Gasteiger charge is 2.45. The Bertz CT molecular complexity index is 1070. The molecule has 0 saturated carbocycles. The van der Waals surface area contributed by atoms with Crippen molar-refractivity contribution in [2.24, 2.45) is 5.92 Å². The van der Waals surface area contributed by atoms with E-state index >= 15 is 0 Å². The van der Waals surface area contributed by atoms with Gasteiger partial charge in [-0.25, -0.2) is 0 Å². The van der Waals surface area contributed by atoms with E-state index in [0.29, 0.717) is 31.2 Å². The smallest absolute Gasteiger partial charge is 0.303 e. The minimum Gasteiger partial charge on any atom is -0.481 e. The minimum atomic E-state index is -1.65. The number of hydrogen-bond acceptors (Lipinski definition) is 10. The number of nitrogens with zero attached hydrogens (tertiary/aromatic N) is 1. The summed E-state index contributed by atoms with van der Waals surface area (Å²) in [4.78, 5) is 41.3. The quantitative estimate of drug-likeness (QED) is 0.0337. The second kappa shape index (κ2) is 34.9. The Morgan fingerprint density at radius 3 is 1.70 bits per heavy atom. The number of hydrogen-bond donors (Lipinski definition) is 6. The van der Waals surface area contributed by atoms with E-state index < -0.39 is 60.5 Å². The number of carbonyl (C=O) groups is 3. The summed E-state index contributed by atoms with van der Waals surface area (Å²) in [6.07, 6.45) is 26.0. The fraction of sp³-hybridized carbons (Fsp3) is 0.936. The van der Waals surface area contributed by atoms with Crippen molar-refractivity contribution in [3.8, 4) is 0 Å². The van der Waals surface area contributed by atoms with Crippen LogP contribution in [-0.4, -0.2) is 122 Å². The molecule has 6 N–H and O–H groups in total. The third-order valence-electron chi connectivity index (χ3n) is 12.4. The molecule has 0 aromatic heterocycles. The summed E-state index contributed by atoms with van der Waals surface area (Å²) < 4.78 is 11.4. The molecule has 2 amide bonds. The molecule has 13 heteroatoms. The number of aliphatic hydroxyl groups is 4. The lowest BCUT2D eigenvalue weighted by atomic mass is 9.93. The molecule has 0 aromatic carbocycles. The first-order chi connectivity index (χ1) is 29.1. The number of rotatable bonds is 35. The lowest BCUT2D eigenvalue weighted by Crippen LogP contribution is -2.60. The Kier molecular flexibility index (Phi) is 31.8. The Hall–Kier alpha value is -1.48. The van der Waals surface area contributed by atoms with E-state index in [4.69, 9.17) is 9.47 Å². The Morgan fingerprint density at radius 1 is 0.750 bits per heavy atom. The summed E-state index contributed by atoms with van der Waals surface area (Å²) in [6, 6.07) is -1.16. The molecular formula is C47H88N2O10S. The topological polar surface area (TPSA) is 186 Å². The van der Waals surface area contributed by atoms with Gasteiger partial charge in [0.1, 0.15) is 30.5 Å². The molecule has 352 valence electrons. The molecule has 60 heavy (non-hydrogen) atoms. The monoisotopic (exact) mass is 873 g/mol. The van der Waals surface area contributed by atoms with Crippen molar-refractivity contribution in [1.82, 2.24) is 10.2 Å². The average Bonchev–Trinajstić information content (AvgIpc) is 3.23. The van der Waals surface area contributed by atoms with Crippen LogP contribution in [0.3, 0.4) is 0 Å². The summed E-state index contributed by atoms with van der Waals surface area (Å²) in [5, 5.41) is 52.4. The first kappa shape index (κ1) is 54.7. The van der Waals surface area contributed by atoms with E-state index in [1.807, 2.05) is 4.90 Å². The number of thioether (sulfide) groups is 1. The van der Waals surface area contributed by atoms with Crippen LogP contribution < -0.4 is 5.32 Å². The SMILES string of the molecule is CCCCCCCCCCCCCCC(CCCCCCCCCCCCCC)CN1CCCS[C@@H](CCC(=O)O)C(=O)N[C@H](CO[C@H]2O[C@H](CO)[C@@H](O)[C@@H](O)[C@@H]2O)C1=O. The number of carboxylic acids is 1. The first-order valence-electron chi connectivity index (χ1n) is 24.5. The highest BCUT2D eigenvalue weighted by molar-refractivity contribution is 8.00. The van der Waals surface area contributed by atoms with Crippen molar-refractivity contribution in [2.75, 3.05) is 32.1 Å². The summed E-state index contributed by atoms with van der Waals surface area (Å²) in [6.45, 7) is 4.55. The summed E-state index contributed by atoms with van der Waals surface area (Å²) in [5.74, 6) is -0.857. The second-order valence-electron chi connectivity index (χ2n) is 17.7. The zero-order valence-corrected chi connectivity index (χ0v) is 38.6. The summed E-state index contributed by atoms with van der Waals surface area (Å²) >= 11 is 1.40. The van der Waals surface area contributed by atoms with Crippen LogP contribution in [0.1, 0.15) is 200 Å². The lowest BCUT2D eigenvalue weighted by molar-refractivity contribution is -0.301. The van der Waals surface area contributed by atoms with Crippen molar-refractivity contribution >= 4 is 29.5 Å². The van der Waals surface area contributed by atoms with Gasteiger partial charge < -0.3 is 45.2 Å². The van der Waals surface area contributed by atoms with Crippen LogP contribution in [0.4, 0.5) is 0 Å². The fourth-order valence-corrected chi connectivity index (χ4v) is 9.64. The maximum absolute atomic E-state index is 14.5. The van der Waals surface area contributed by atoms with Crippen molar-refractivity contribution in [1.29, 1.82) is 0 Å². The second-order valence-corrected chi connectivity index (χ2v) is 19.1. The zero-order chi connectivity index (χ0) is 43.8. The van der Waals surface area contributed by atoms with Crippen molar-refractivity contribution in [3.05, 3.63) is 0 Å². The molecule has 0 radical (unpaired) electrons. The molecule has 0 aliphatic carbocycles. The van der Waals surface area contributed by atoms with Gasteiger partial charge in [-0.05, 0) is 37.4 Å². The molecular weight excluding hydrogens is 785 g/mol. The number of ether oxygens (including phenoxy) is 2. The van der Waals surface area contributed by atoms with E-state index in [9.17, 15) is 39.9 Å². The predicted molar refractivity (Wildman–Crippen MR) is 241 cm³/mol. The Morgan fingerprint density at radius 2 is 1.23 bits per heavy atom. The molecule has 2 rings (SSSR count). The molecule has 0 unspecified atom stereocenters. The first-order valence-corrected chi connectivity index (χ1v) is 25.5. The molecule has 0 bridgehead atoms. The maximum Gasteiger partial charge on any atom is 0.303 e. The van der Waals surface area contributed by atoms with Crippen molar-refractivity contribution in [2.45, 2.75) is 242 Å². The van der Waals surface area contributed by atoms with Crippen molar-refractivity contribution < 1.29 is 49.4 Å². The van der Waals surface area contributed by atoms with Gasteiger partial charge in [-0.2, -0.15) is 0 Å². The van der Waals surface area contributed by atoms with E-state index in [0.717, 1.165) is 25.7 Å². The maximum atomic E-state index is 14.5. The normalized spacial score (nSPS) is 24.2.